The van der Waals surface area contributed by atoms with Gasteiger partial charge in [-0.15, -0.1) is 0 Å². The van der Waals surface area contributed by atoms with Gasteiger partial charge in [0.05, 0.1) is 0 Å². The second kappa shape index (κ2) is 7.17. The molecule has 122 valence electrons. The molecule has 0 fully saturated rings. The number of carbonyl (C=O) groups is 1. The van der Waals surface area contributed by atoms with Crippen LogP contribution in [0.4, 0.5) is 13.2 Å². The zero-order valence-corrected chi connectivity index (χ0v) is 12.5. The zero-order chi connectivity index (χ0) is 16.9. The van der Waals surface area contributed by atoms with Crippen LogP contribution in [-0.2, 0) is 0 Å². The van der Waals surface area contributed by atoms with Crippen molar-refractivity contribution >= 4 is 5.91 Å². The molecule has 3 nitrogen and oxygen atoms in total. The highest BCUT2D eigenvalue weighted by atomic mass is 19.4. The van der Waals surface area contributed by atoms with Crippen LogP contribution in [0.1, 0.15) is 17.3 Å². The van der Waals surface area contributed by atoms with Crippen LogP contribution in [0.15, 0.2) is 54.6 Å². The minimum absolute atomic E-state index is 0.0133. The van der Waals surface area contributed by atoms with E-state index in [-0.39, 0.29) is 12.1 Å². The Morgan fingerprint density at radius 3 is 2.09 bits per heavy atom. The Labute approximate surface area is 132 Å². The maximum absolute atomic E-state index is 12.5. The van der Waals surface area contributed by atoms with Gasteiger partial charge >= 0.3 is 6.18 Å². The quantitative estimate of drug-likeness (QED) is 0.810. The highest BCUT2D eigenvalue weighted by Gasteiger charge is 2.32. The molecule has 0 bridgehead atoms. The van der Waals surface area contributed by atoms with Crippen LogP contribution < -0.4 is 4.74 Å². The molecule has 0 spiro atoms. The van der Waals surface area contributed by atoms with Gasteiger partial charge in [-0.25, -0.2) is 0 Å². The van der Waals surface area contributed by atoms with Gasteiger partial charge in [0, 0.05) is 12.1 Å². The third-order valence-corrected chi connectivity index (χ3v) is 3.12. The largest absolute Gasteiger partial charge is 0.457 e. The standard InChI is InChI=1S/C17H16F3NO2/c1-2-21(12-17(18,19)20)16(22)13-8-10-15(11-9-13)23-14-6-4-3-5-7-14/h3-11H,2,12H2,1H3. The van der Waals surface area contributed by atoms with Crippen LogP contribution >= 0.6 is 0 Å². The lowest BCUT2D eigenvalue weighted by Crippen LogP contribution is -2.38. The molecule has 2 aromatic rings. The predicted octanol–water partition coefficient (Wildman–Crippen LogP) is 4.50. The Kier molecular flexibility index (Phi) is 5.26. The molecular weight excluding hydrogens is 307 g/mol. The van der Waals surface area contributed by atoms with Gasteiger partial charge in [0.1, 0.15) is 18.0 Å². The van der Waals surface area contributed by atoms with Crippen molar-refractivity contribution in [2.75, 3.05) is 13.1 Å². The highest BCUT2D eigenvalue weighted by Crippen LogP contribution is 2.22. The van der Waals surface area contributed by atoms with Crippen molar-refractivity contribution < 1.29 is 22.7 Å². The molecule has 0 heterocycles. The summed E-state index contributed by atoms with van der Waals surface area (Å²) in [7, 11) is 0. The van der Waals surface area contributed by atoms with Gasteiger partial charge in [-0.2, -0.15) is 13.2 Å². The molecule has 0 N–H and O–H groups in total. The molecular formula is C17H16F3NO2. The van der Waals surface area contributed by atoms with Crippen LogP contribution in [0.3, 0.4) is 0 Å². The number of alkyl halides is 3. The lowest BCUT2D eigenvalue weighted by atomic mass is 10.2. The molecule has 0 unspecified atom stereocenters. The summed E-state index contributed by atoms with van der Waals surface area (Å²) in [4.78, 5) is 12.9. The number of rotatable bonds is 5. The lowest BCUT2D eigenvalue weighted by molar-refractivity contribution is -0.140. The smallest absolute Gasteiger partial charge is 0.406 e. The maximum Gasteiger partial charge on any atom is 0.406 e. The van der Waals surface area contributed by atoms with E-state index < -0.39 is 18.6 Å². The zero-order valence-electron chi connectivity index (χ0n) is 12.5. The summed E-state index contributed by atoms with van der Waals surface area (Å²) in [5.74, 6) is 0.488. The molecule has 23 heavy (non-hydrogen) atoms. The van der Waals surface area contributed by atoms with E-state index in [2.05, 4.69) is 0 Å². The number of ether oxygens (including phenoxy) is 1. The van der Waals surface area contributed by atoms with Gasteiger partial charge in [0.15, 0.2) is 0 Å². The topological polar surface area (TPSA) is 29.5 Å². The number of hydrogen-bond donors (Lipinski definition) is 0. The third kappa shape index (κ3) is 5.02. The molecule has 0 aliphatic carbocycles. The van der Waals surface area contributed by atoms with Crippen molar-refractivity contribution in [1.82, 2.24) is 4.90 Å². The molecule has 0 saturated carbocycles. The van der Waals surface area contributed by atoms with Crippen LogP contribution in [0.2, 0.25) is 0 Å². The summed E-state index contributed by atoms with van der Waals surface area (Å²) in [5, 5.41) is 0. The minimum Gasteiger partial charge on any atom is -0.457 e. The van der Waals surface area contributed by atoms with Crippen molar-refractivity contribution in [1.29, 1.82) is 0 Å². The van der Waals surface area contributed by atoms with Crippen LogP contribution in [0, 0.1) is 0 Å². The van der Waals surface area contributed by atoms with E-state index in [1.54, 1.807) is 24.3 Å². The second-order valence-corrected chi connectivity index (χ2v) is 4.87. The van der Waals surface area contributed by atoms with Crippen molar-refractivity contribution in [2.24, 2.45) is 0 Å². The van der Waals surface area contributed by atoms with E-state index in [0.717, 1.165) is 4.90 Å². The number of carbonyl (C=O) groups excluding carboxylic acids is 1. The number of para-hydroxylation sites is 1. The number of benzene rings is 2. The minimum atomic E-state index is -4.41. The van der Waals surface area contributed by atoms with Gasteiger partial charge in [0.2, 0.25) is 0 Å². The Bertz CT molecular complexity index is 639. The molecule has 0 aliphatic rings. The van der Waals surface area contributed by atoms with E-state index in [4.69, 9.17) is 4.74 Å². The summed E-state index contributed by atoms with van der Waals surface area (Å²) in [6, 6.07) is 15.1. The number of nitrogens with zero attached hydrogens (tertiary/aromatic N) is 1. The van der Waals surface area contributed by atoms with Crippen LogP contribution in [0.25, 0.3) is 0 Å². The molecule has 0 aromatic heterocycles. The first-order valence-corrected chi connectivity index (χ1v) is 7.08. The van der Waals surface area contributed by atoms with E-state index in [1.165, 1.54) is 19.1 Å². The number of amides is 1. The predicted molar refractivity (Wildman–Crippen MR) is 80.6 cm³/mol. The van der Waals surface area contributed by atoms with Gasteiger partial charge in [-0.1, -0.05) is 18.2 Å². The van der Waals surface area contributed by atoms with Crippen LogP contribution in [-0.4, -0.2) is 30.1 Å². The first-order valence-electron chi connectivity index (χ1n) is 7.08. The molecule has 2 rings (SSSR count). The fraction of sp³-hybridized carbons (Fsp3) is 0.235. The van der Waals surface area contributed by atoms with Crippen LogP contribution in [0.5, 0.6) is 11.5 Å². The molecule has 0 saturated heterocycles. The maximum atomic E-state index is 12.5. The average molecular weight is 323 g/mol. The number of halogens is 3. The lowest BCUT2D eigenvalue weighted by Gasteiger charge is -2.22. The van der Waals surface area contributed by atoms with Crippen molar-refractivity contribution in [3.63, 3.8) is 0 Å². The summed E-state index contributed by atoms with van der Waals surface area (Å²) in [6.07, 6.45) is -4.41. The third-order valence-electron chi connectivity index (χ3n) is 3.12. The highest BCUT2D eigenvalue weighted by molar-refractivity contribution is 5.94. The molecule has 1 amide bonds. The van der Waals surface area contributed by atoms with Gasteiger partial charge in [-0.3, -0.25) is 4.79 Å². The summed E-state index contributed by atoms with van der Waals surface area (Å²) < 4.78 is 43.0. The van der Waals surface area contributed by atoms with E-state index in [1.807, 2.05) is 18.2 Å². The fourth-order valence-electron chi connectivity index (χ4n) is 2.02. The Morgan fingerprint density at radius 1 is 1.00 bits per heavy atom. The first-order chi connectivity index (χ1) is 10.9. The monoisotopic (exact) mass is 323 g/mol. The molecule has 6 heteroatoms. The first kappa shape index (κ1) is 16.9. The number of hydrogen-bond acceptors (Lipinski definition) is 2. The summed E-state index contributed by atoms with van der Waals surface area (Å²) in [5.41, 5.74) is 0.191. The van der Waals surface area contributed by atoms with Crippen molar-refractivity contribution in [2.45, 2.75) is 13.1 Å². The second-order valence-electron chi connectivity index (χ2n) is 4.87. The van der Waals surface area contributed by atoms with Gasteiger partial charge < -0.3 is 9.64 Å². The SMILES string of the molecule is CCN(CC(F)(F)F)C(=O)c1ccc(Oc2ccccc2)cc1. The average Bonchev–Trinajstić information content (AvgIpc) is 2.53. The Hall–Kier alpha value is -2.50. The Morgan fingerprint density at radius 2 is 1.57 bits per heavy atom. The molecule has 0 radical (unpaired) electrons. The molecule has 2 aromatic carbocycles. The van der Waals surface area contributed by atoms with E-state index >= 15 is 0 Å². The van der Waals surface area contributed by atoms with E-state index in [9.17, 15) is 18.0 Å². The van der Waals surface area contributed by atoms with Crippen molar-refractivity contribution in [3.05, 3.63) is 60.2 Å². The molecule has 0 atom stereocenters. The van der Waals surface area contributed by atoms with Gasteiger partial charge in [-0.05, 0) is 43.3 Å². The molecule has 0 aliphatic heterocycles. The normalized spacial score (nSPS) is 11.1. The van der Waals surface area contributed by atoms with Crippen molar-refractivity contribution in [3.8, 4) is 11.5 Å². The van der Waals surface area contributed by atoms with E-state index in [0.29, 0.717) is 11.5 Å². The Balaban J connectivity index is 2.07. The summed E-state index contributed by atoms with van der Waals surface area (Å²) in [6.45, 7) is 0.238. The summed E-state index contributed by atoms with van der Waals surface area (Å²) >= 11 is 0. The van der Waals surface area contributed by atoms with Gasteiger partial charge in [0.25, 0.3) is 5.91 Å². The fourth-order valence-corrected chi connectivity index (χ4v) is 2.02.